The van der Waals surface area contributed by atoms with E-state index in [-0.39, 0.29) is 6.04 Å². The summed E-state index contributed by atoms with van der Waals surface area (Å²) in [6, 6.07) is 2.03. The van der Waals surface area contributed by atoms with Gasteiger partial charge in [-0.25, -0.2) is 14.3 Å². The number of hydrogen-bond acceptors (Lipinski definition) is 5. The van der Waals surface area contributed by atoms with Crippen LogP contribution in [0.25, 0.3) is 5.65 Å². The van der Waals surface area contributed by atoms with Crippen molar-refractivity contribution in [3.05, 3.63) is 18.5 Å². The molecule has 0 aliphatic carbocycles. The van der Waals surface area contributed by atoms with E-state index in [2.05, 4.69) is 29.2 Å². The maximum atomic E-state index is 11.9. The van der Waals surface area contributed by atoms with Gasteiger partial charge < -0.3 is 15.2 Å². The Morgan fingerprint density at radius 2 is 2.28 bits per heavy atom. The lowest BCUT2D eigenvalue weighted by Crippen LogP contribution is -2.36. The fraction of sp³-hybridized carbons (Fsp3) is 0.588. The molecule has 136 valence electrons. The van der Waals surface area contributed by atoms with E-state index in [0.29, 0.717) is 42.8 Å². The maximum Gasteiger partial charge on any atom is 0.411 e. The Labute approximate surface area is 146 Å². The van der Waals surface area contributed by atoms with Gasteiger partial charge in [-0.2, -0.15) is 0 Å². The number of ether oxygens (including phenoxy) is 1. The van der Waals surface area contributed by atoms with Gasteiger partial charge in [-0.1, -0.05) is 6.92 Å². The second-order valence-electron chi connectivity index (χ2n) is 6.51. The molecular weight excluding hydrogens is 322 g/mol. The number of nitrogens with one attached hydrogen (secondary N) is 1. The molecule has 1 aliphatic rings. The number of nitrogens with zero attached hydrogens (tertiary/aromatic N) is 4. The van der Waals surface area contributed by atoms with Gasteiger partial charge in [-0.05, 0) is 32.1 Å². The molecule has 1 saturated heterocycles. The van der Waals surface area contributed by atoms with Gasteiger partial charge in [0, 0.05) is 44.3 Å². The summed E-state index contributed by atoms with van der Waals surface area (Å²) in [7, 11) is 0. The molecule has 1 unspecified atom stereocenters. The van der Waals surface area contributed by atoms with E-state index in [1.54, 1.807) is 23.0 Å². The van der Waals surface area contributed by atoms with Crippen LogP contribution in [0.15, 0.2) is 18.5 Å². The second kappa shape index (κ2) is 7.69. The van der Waals surface area contributed by atoms with Crippen molar-refractivity contribution in [2.24, 2.45) is 5.92 Å². The summed E-state index contributed by atoms with van der Waals surface area (Å²) in [5.41, 5.74) is 1.11. The van der Waals surface area contributed by atoms with Crippen LogP contribution in [0.3, 0.4) is 0 Å². The van der Waals surface area contributed by atoms with Crippen LogP contribution >= 0.6 is 0 Å². The first-order valence-electron chi connectivity index (χ1n) is 8.77. The predicted octanol–water partition coefficient (Wildman–Crippen LogP) is 2.85. The highest BCUT2D eigenvalue weighted by molar-refractivity contribution is 5.91. The van der Waals surface area contributed by atoms with E-state index in [0.717, 1.165) is 19.3 Å². The maximum absolute atomic E-state index is 11.9. The number of aromatic nitrogens is 3. The minimum absolute atomic E-state index is 0.245. The molecule has 8 heteroatoms. The first-order valence-corrected chi connectivity index (χ1v) is 8.77. The van der Waals surface area contributed by atoms with Crippen LogP contribution in [-0.4, -0.2) is 51.6 Å². The molecule has 0 bridgehead atoms. The monoisotopic (exact) mass is 347 g/mol. The fourth-order valence-corrected chi connectivity index (χ4v) is 2.99. The van der Waals surface area contributed by atoms with Crippen molar-refractivity contribution in [3.8, 4) is 0 Å². The van der Waals surface area contributed by atoms with E-state index in [4.69, 9.17) is 4.74 Å². The highest BCUT2D eigenvalue weighted by Gasteiger charge is 2.25. The standard InChI is InChI=1S/C17H25N5O3/c1-3-12(2)19-15-10-14(16-18-6-7-22(16)20-15)21(17(23)24)11-13-4-8-25-9-5-13/h6-7,10,12-13H,3-5,8-9,11H2,1-2H3,(H,19,20)(H,23,24). The summed E-state index contributed by atoms with van der Waals surface area (Å²) in [6.07, 6.45) is 5.08. The lowest BCUT2D eigenvalue weighted by molar-refractivity contribution is 0.0680. The summed E-state index contributed by atoms with van der Waals surface area (Å²) < 4.78 is 7.00. The molecule has 2 aromatic rings. The molecule has 0 radical (unpaired) electrons. The highest BCUT2D eigenvalue weighted by Crippen LogP contribution is 2.27. The van der Waals surface area contributed by atoms with Gasteiger partial charge in [0.25, 0.3) is 0 Å². The van der Waals surface area contributed by atoms with E-state index >= 15 is 0 Å². The van der Waals surface area contributed by atoms with Crippen LogP contribution in [0.1, 0.15) is 33.1 Å². The number of carbonyl (C=O) groups is 1. The third-order valence-electron chi connectivity index (χ3n) is 4.65. The topological polar surface area (TPSA) is 92.0 Å². The number of hydrogen-bond donors (Lipinski definition) is 2. The number of anilines is 2. The van der Waals surface area contributed by atoms with E-state index in [1.807, 2.05) is 0 Å². The van der Waals surface area contributed by atoms with E-state index in [9.17, 15) is 9.90 Å². The molecule has 2 N–H and O–H groups in total. The summed E-state index contributed by atoms with van der Waals surface area (Å²) in [4.78, 5) is 17.6. The Bertz CT molecular complexity index is 726. The van der Waals surface area contributed by atoms with Crippen LogP contribution in [-0.2, 0) is 4.74 Å². The smallest absolute Gasteiger partial charge is 0.411 e. The molecule has 1 atom stereocenters. The zero-order chi connectivity index (χ0) is 17.8. The highest BCUT2D eigenvalue weighted by atomic mass is 16.5. The second-order valence-corrected chi connectivity index (χ2v) is 6.51. The zero-order valence-corrected chi connectivity index (χ0v) is 14.7. The summed E-state index contributed by atoms with van der Waals surface area (Å²) in [5, 5.41) is 17.6. The number of fused-ring (bicyclic) bond motifs is 1. The van der Waals surface area contributed by atoms with Crippen molar-refractivity contribution < 1.29 is 14.6 Å². The average molecular weight is 347 g/mol. The third kappa shape index (κ3) is 4.01. The van der Waals surface area contributed by atoms with Crippen LogP contribution in [0, 0.1) is 5.92 Å². The Morgan fingerprint density at radius 1 is 1.52 bits per heavy atom. The molecule has 1 aliphatic heterocycles. The van der Waals surface area contributed by atoms with Crippen molar-refractivity contribution in [3.63, 3.8) is 0 Å². The van der Waals surface area contributed by atoms with Crippen LogP contribution in [0.4, 0.5) is 16.3 Å². The molecule has 0 spiro atoms. The molecule has 1 fully saturated rings. The predicted molar refractivity (Wildman–Crippen MR) is 95.3 cm³/mol. The number of carboxylic acid groups (broad SMARTS) is 1. The lowest BCUT2D eigenvalue weighted by atomic mass is 9.99. The van der Waals surface area contributed by atoms with Crippen molar-refractivity contribution >= 4 is 23.2 Å². The van der Waals surface area contributed by atoms with Crippen molar-refractivity contribution in [2.45, 2.75) is 39.2 Å². The molecule has 3 rings (SSSR count). The van der Waals surface area contributed by atoms with Gasteiger partial charge in [0.1, 0.15) is 5.82 Å². The quantitative estimate of drug-likeness (QED) is 0.835. The summed E-state index contributed by atoms with van der Waals surface area (Å²) in [5.74, 6) is 0.937. The molecule has 1 amide bonds. The number of amides is 1. The van der Waals surface area contributed by atoms with Crippen LogP contribution < -0.4 is 10.2 Å². The van der Waals surface area contributed by atoms with E-state index in [1.165, 1.54) is 4.90 Å². The van der Waals surface area contributed by atoms with Gasteiger partial charge in [0.15, 0.2) is 5.65 Å². The Hall–Kier alpha value is -2.35. The van der Waals surface area contributed by atoms with Crippen molar-refractivity contribution in [2.75, 3.05) is 30.0 Å². The van der Waals surface area contributed by atoms with Crippen molar-refractivity contribution in [1.29, 1.82) is 0 Å². The molecule has 3 heterocycles. The SMILES string of the molecule is CCC(C)Nc1cc(N(CC2CCOCC2)C(=O)O)c2nccn2n1. The van der Waals surface area contributed by atoms with Gasteiger partial charge >= 0.3 is 6.09 Å². The summed E-state index contributed by atoms with van der Waals surface area (Å²) in [6.45, 7) is 5.97. The Morgan fingerprint density at radius 3 is 2.96 bits per heavy atom. The Kier molecular flexibility index (Phi) is 5.37. The molecule has 8 nitrogen and oxygen atoms in total. The Balaban J connectivity index is 1.94. The molecule has 25 heavy (non-hydrogen) atoms. The first kappa shape index (κ1) is 17.5. The molecule has 2 aromatic heterocycles. The normalized spacial score (nSPS) is 16.7. The van der Waals surface area contributed by atoms with Crippen LogP contribution in [0.5, 0.6) is 0 Å². The third-order valence-corrected chi connectivity index (χ3v) is 4.65. The fourth-order valence-electron chi connectivity index (χ4n) is 2.99. The lowest BCUT2D eigenvalue weighted by Gasteiger charge is -2.28. The van der Waals surface area contributed by atoms with Crippen molar-refractivity contribution in [1.82, 2.24) is 14.6 Å². The average Bonchev–Trinajstić information content (AvgIpc) is 3.08. The minimum atomic E-state index is -0.975. The largest absolute Gasteiger partial charge is 0.465 e. The minimum Gasteiger partial charge on any atom is -0.465 e. The van der Waals surface area contributed by atoms with Gasteiger partial charge in [0.05, 0.1) is 5.69 Å². The zero-order valence-electron chi connectivity index (χ0n) is 14.7. The molecule has 0 aromatic carbocycles. The number of rotatable bonds is 6. The van der Waals surface area contributed by atoms with E-state index < -0.39 is 6.09 Å². The van der Waals surface area contributed by atoms with Gasteiger partial charge in [-0.15, -0.1) is 5.10 Å². The van der Waals surface area contributed by atoms with Gasteiger partial charge in [-0.3, -0.25) is 4.90 Å². The van der Waals surface area contributed by atoms with Crippen LogP contribution in [0.2, 0.25) is 0 Å². The first-order chi connectivity index (χ1) is 12.1. The molecule has 0 saturated carbocycles. The summed E-state index contributed by atoms with van der Waals surface area (Å²) >= 11 is 0. The molecular formula is C17H25N5O3. The number of imidazole rings is 1. The van der Waals surface area contributed by atoms with Gasteiger partial charge in [0.2, 0.25) is 0 Å².